The molecular formula is C20H28N4O5S. The van der Waals surface area contributed by atoms with E-state index in [-0.39, 0.29) is 17.6 Å². The van der Waals surface area contributed by atoms with Crippen molar-refractivity contribution in [3.05, 3.63) is 24.3 Å². The Kier molecular flexibility index (Phi) is 6.47. The lowest BCUT2D eigenvalue weighted by atomic mass is 10.0. The zero-order valence-electron chi connectivity index (χ0n) is 17.7. The van der Waals surface area contributed by atoms with E-state index in [4.69, 9.17) is 9.47 Å². The molecule has 30 heavy (non-hydrogen) atoms. The number of nitrogens with one attached hydrogen (secondary N) is 1. The Hall–Kier alpha value is -2.46. The SMILES string of the molecule is COc1ccc(-c2nc(NC(=O)C(C)(C)S(=O)(=O)CC3CCOCC3)n(C)n2)cc1. The van der Waals surface area contributed by atoms with Gasteiger partial charge in [0.2, 0.25) is 11.9 Å². The number of methoxy groups -OCH3 is 1. The molecule has 1 aliphatic heterocycles. The first-order valence-electron chi connectivity index (χ1n) is 9.81. The summed E-state index contributed by atoms with van der Waals surface area (Å²) in [6.07, 6.45) is 1.37. The number of aryl methyl sites for hydroxylation is 1. The fraction of sp³-hybridized carbons (Fsp3) is 0.550. The van der Waals surface area contributed by atoms with Crippen LogP contribution in [0.1, 0.15) is 26.7 Å². The molecule has 0 saturated carbocycles. The van der Waals surface area contributed by atoms with E-state index in [2.05, 4.69) is 15.4 Å². The van der Waals surface area contributed by atoms with Crippen LogP contribution in [0.2, 0.25) is 0 Å². The molecule has 9 nitrogen and oxygen atoms in total. The predicted octanol–water partition coefficient (Wildman–Crippen LogP) is 2.05. The monoisotopic (exact) mass is 436 g/mol. The molecule has 0 bridgehead atoms. The van der Waals surface area contributed by atoms with E-state index in [0.29, 0.717) is 37.6 Å². The lowest BCUT2D eigenvalue weighted by Crippen LogP contribution is -2.47. The summed E-state index contributed by atoms with van der Waals surface area (Å²) >= 11 is 0. The van der Waals surface area contributed by atoms with Gasteiger partial charge in [-0.15, -0.1) is 5.10 Å². The van der Waals surface area contributed by atoms with Gasteiger partial charge in [0.1, 0.15) is 10.5 Å². The minimum atomic E-state index is -3.68. The second kappa shape index (κ2) is 8.73. The number of benzene rings is 1. The number of amides is 1. The molecule has 0 spiro atoms. The zero-order chi connectivity index (χ0) is 21.9. The van der Waals surface area contributed by atoms with Crippen LogP contribution in [-0.4, -0.2) is 59.9 Å². The van der Waals surface area contributed by atoms with E-state index in [1.807, 2.05) is 12.1 Å². The van der Waals surface area contributed by atoms with E-state index in [9.17, 15) is 13.2 Å². The molecule has 2 aromatic rings. The van der Waals surface area contributed by atoms with Gasteiger partial charge in [0.05, 0.1) is 12.9 Å². The van der Waals surface area contributed by atoms with Crippen molar-refractivity contribution in [1.82, 2.24) is 14.8 Å². The molecule has 10 heteroatoms. The fourth-order valence-electron chi connectivity index (χ4n) is 3.18. The minimum absolute atomic E-state index is 0.00678. The minimum Gasteiger partial charge on any atom is -0.497 e. The van der Waals surface area contributed by atoms with Crippen LogP contribution < -0.4 is 10.1 Å². The summed E-state index contributed by atoms with van der Waals surface area (Å²) < 4.78 is 36.2. The summed E-state index contributed by atoms with van der Waals surface area (Å²) in [5, 5.41) is 6.94. The van der Waals surface area contributed by atoms with Gasteiger partial charge in [-0.3, -0.25) is 10.1 Å². The summed E-state index contributed by atoms with van der Waals surface area (Å²) in [6.45, 7) is 3.97. The lowest BCUT2D eigenvalue weighted by Gasteiger charge is -2.28. The quantitative estimate of drug-likeness (QED) is 0.707. The molecular weight excluding hydrogens is 408 g/mol. The highest BCUT2D eigenvalue weighted by atomic mass is 32.2. The average molecular weight is 437 g/mol. The molecule has 2 heterocycles. The standard InChI is InChI=1S/C20H28N4O5S/c1-20(2,30(26,27)13-14-9-11-29-12-10-14)18(25)22-19-21-17(23-24(19)3)15-5-7-16(28-4)8-6-15/h5-8,14H,9-13H2,1-4H3,(H,21,22,23,25). The second-order valence-electron chi connectivity index (χ2n) is 7.91. The van der Waals surface area contributed by atoms with Crippen LogP contribution >= 0.6 is 0 Å². The van der Waals surface area contributed by atoms with Gasteiger partial charge >= 0.3 is 0 Å². The molecule has 1 aromatic heterocycles. The Morgan fingerprint density at radius 1 is 1.27 bits per heavy atom. The van der Waals surface area contributed by atoms with E-state index >= 15 is 0 Å². The number of ether oxygens (including phenoxy) is 2. The largest absolute Gasteiger partial charge is 0.497 e. The first kappa shape index (κ1) is 22.2. The van der Waals surface area contributed by atoms with Gasteiger partial charge in [0.25, 0.3) is 0 Å². The highest BCUT2D eigenvalue weighted by molar-refractivity contribution is 7.93. The number of carbonyl (C=O) groups is 1. The van der Waals surface area contributed by atoms with Crippen molar-refractivity contribution in [3.8, 4) is 17.1 Å². The zero-order valence-corrected chi connectivity index (χ0v) is 18.5. The summed E-state index contributed by atoms with van der Waals surface area (Å²) in [5.41, 5.74) is 0.748. The number of hydrogen-bond acceptors (Lipinski definition) is 7. The number of carbonyl (C=O) groups excluding carboxylic acids is 1. The van der Waals surface area contributed by atoms with Crippen molar-refractivity contribution >= 4 is 21.7 Å². The number of aromatic nitrogens is 3. The van der Waals surface area contributed by atoms with Gasteiger partial charge < -0.3 is 9.47 Å². The normalized spacial score (nSPS) is 15.7. The topological polar surface area (TPSA) is 112 Å². The summed E-state index contributed by atoms with van der Waals surface area (Å²) in [5.74, 6) is 0.643. The first-order valence-corrected chi connectivity index (χ1v) is 11.5. The Bertz CT molecular complexity index is 993. The highest BCUT2D eigenvalue weighted by Crippen LogP contribution is 2.26. The van der Waals surface area contributed by atoms with E-state index in [1.54, 1.807) is 26.3 Å². The Morgan fingerprint density at radius 3 is 2.50 bits per heavy atom. The third-order valence-corrected chi connectivity index (χ3v) is 8.11. The van der Waals surface area contributed by atoms with Crippen molar-refractivity contribution in [1.29, 1.82) is 0 Å². The highest BCUT2D eigenvalue weighted by Gasteiger charge is 2.43. The maximum atomic E-state index is 13.0. The van der Waals surface area contributed by atoms with Crippen LogP contribution in [0.5, 0.6) is 5.75 Å². The van der Waals surface area contributed by atoms with Crippen molar-refractivity contribution in [3.63, 3.8) is 0 Å². The second-order valence-corrected chi connectivity index (χ2v) is 10.5. The molecule has 1 fully saturated rings. The molecule has 0 atom stereocenters. The molecule has 1 saturated heterocycles. The van der Waals surface area contributed by atoms with Gasteiger partial charge in [-0.25, -0.2) is 13.1 Å². The third-order valence-electron chi connectivity index (χ3n) is 5.46. The smallest absolute Gasteiger partial charge is 0.247 e. The molecule has 0 aliphatic carbocycles. The molecule has 1 aromatic carbocycles. The van der Waals surface area contributed by atoms with Gasteiger partial charge in [-0.1, -0.05) is 0 Å². The van der Waals surface area contributed by atoms with Crippen LogP contribution in [0.25, 0.3) is 11.4 Å². The third kappa shape index (κ3) is 4.65. The predicted molar refractivity (Wildman–Crippen MR) is 113 cm³/mol. The molecule has 0 unspecified atom stereocenters. The van der Waals surface area contributed by atoms with Crippen molar-refractivity contribution in [2.45, 2.75) is 31.4 Å². The summed E-state index contributed by atoms with van der Waals surface area (Å²) in [7, 11) is -0.463. The Labute approximate surface area is 176 Å². The van der Waals surface area contributed by atoms with Crippen LogP contribution in [0, 0.1) is 5.92 Å². The number of anilines is 1. The van der Waals surface area contributed by atoms with Crippen LogP contribution in [0.3, 0.4) is 0 Å². The van der Waals surface area contributed by atoms with Crippen LogP contribution in [0.15, 0.2) is 24.3 Å². The van der Waals surface area contributed by atoms with Crippen molar-refractivity contribution in [2.24, 2.45) is 13.0 Å². The molecule has 3 rings (SSSR count). The lowest BCUT2D eigenvalue weighted by molar-refractivity contribution is -0.117. The fourth-order valence-corrected chi connectivity index (χ4v) is 4.88. The number of hydrogen-bond donors (Lipinski definition) is 1. The van der Waals surface area contributed by atoms with E-state index < -0.39 is 20.5 Å². The molecule has 1 N–H and O–H groups in total. The summed E-state index contributed by atoms with van der Waals surface area (Å²) in [6, 6.07) is 7.19. The maximum Gasteiger partial charge on any atom is 0.247 e. The molecule has 1 aliphatic rings. The van der Waals surface area contributed by atoms with Crippen LogP contribution in [0.4, 0.5) is 5.95 Å². The van der Waals surface area contributed by atoms with Crippen molar-refractivity contribution < 1.29 is 22.7 Å². The number of rotatable bonds is 7. The van der Waals surface area contributed by atoms with E-state index in [0.717, 1.165) is 5.56 Å². The Morgan fingerprint density at radius 2 is 1.90 bits per heavy atom. The van der Waals surface area contributed by atoms with Gasteiger partial charge in [-0.2, -0.15) is 4.98 Å². The molecule has 0 radical (unpaired) electrons. The molecule has 164 valence electrons. The van der Waals surface area contributed by atoms with Gasteiger partial charge in [-0.05, 0) is 56.9 Å². The maximum absolute atomic E-state index is 13.0. The first-order chi connectivity index (χ1) is 14.1. The van der Waals surface area contributed by atoms with Gasteiger partial charge in [0.15, 0.2) is 15.7 Å². The number of nitrogens with zero attached hydrogens (tertiary/aromatic N) is 3. The van der Waals surface area contributed by atoms with E-state index in [1.165, 1.54) is 18.5 Å². The van der Waals surface area contributed by atoms with Gasteiger partial charge in [0, 0.05) is 25.8 Å². The Balaban J connectivity index is 1.74. The average Bonchev–Trinajstić information content (AvgIpc) is 3.08. The van der Waals surface area contributed by atoms with Crippen molar-refractivity contribution in [2.75, 3.05) is 31.4 Å². The summed E-state index contributed by atoms with van der Waals surface area (Å²) in [4.78, 5) is 17.2. The number of sulfone groups is 1. The van der Waals surface area contributed by atoms with Crippen LogP contribution in [-0.2, 0) is 26.4 Å². The molecule has 1 amide bonds.